The summed E-state index contributed by atoms with van der Waals surface area (Å²) in [5.74, 6) is 4.76. The predicted molar refractivity (Wildman–Crippen MR) is 291 cm³/mol. The molecule has 4 aromatic rings. The first-order chi connectivity index (χ1) is 35.2. The molecule has 5 atom stereocenters. The summed E-state index contributed by atoms with van der Waals surface area (Å²) in [6.07, 6.45) is 8.87. The van der Waals surface area contributed by atoms with Crippen LogP contribution in [0, 0.1) is 17.3 Å². The molecular weight excluding hydrogens is 1000 g/mol. The standard InChI is InChI=1S/C21H34Cl2O4.C21H24O4.C15H16O2.C3H5ClO/c1-17(2,15-3-7-20(8-4-15)18(24,11-22)13-26-20)16-5-9-21(10-6-16)19(25,12-23)14-27-21;1-21(2,15-3-7-17(8-4-15)22-11-19-13-24-19)16-5-9-18(10-6-16)23-12-20-14-25-20;1-15(2,11-3-7-13(16)8-4-11)12-5-9-14(17)10-6-12;4-1-3-2-5-3/h15-16,24-25H,3-14H2,1-2H3;3-10,19-20H,11-14H2,1-2H3;3-10,16-17H,1-2H3;3H,1-2H2. The number of ether oxygens (including phenoxy) is 7. The Labute approximate surface area is 454 Å². The minimum Gasteiger partial charge on any atom is -0.508 e. The second-order valence-electron chi connectivity index (χ2n) is 23.3. The molecule has 5 aliphatic heterocycles. The molecule has 7 fully saturated rings. The number of alkyl halides is 3. The number of halogens is 3. The van der Waals surface area contributed by atoms with E-state index in [0.29, 0.717) is 50.2 Å². The van der Waals surface area contributed by atoms with Crippen molar-refractivity contribution in [3.8, 4) is 23.0 Å². The van der Waals surface area contributed by atoms with Crippen LogP contribution < -0.4 is 9.47 Å². The SMILES string of the molecule is CC(C)(C1CCC2(CC1)OCC2(O)CCl)C1CCC2(CC1)OCC2(O)CCl.CC(C)(c1ccc(O)cc1)c1ccc(O)cc1.CC(C)(c1ccc(OCC2CO2)cc1)c1ccc(OCC2CO2)cc1.ClCC1CO1. The Balaban J connectivity index is 0.000000144. The Morgan fingerprint density at radius 3 is 1.01 bits per heavy atom. The fraction of sp³-hybridized carbons (Fsp3) is 0.600. The first-order valence-electron chi connectivity index (χ1n) is 26.5. The summed E-state index contributed by atoms with van der Waals surface area (Å²) in [5, 5.41) is 40.0. The molecule has 2 spiro atoms. The van der Waals surface area contributed by atoms with Crippen LogP contribution in [-0.2, 0) is 34.5 Å². The number of aliphatic hydroxyl groups is 2. The highest BCUT2D eigenvalue weighted by atomic mass is 35.5. The molecule has 14 heteroatoms. The van der Waals surface area contributed by atoms with Crippen molar-refractivity contribution in [3.05, 3.63) is 119 Å². The van der Waals surface area contributed by atoms with E-state index < -0.39 is 22.4 Å². The van der Waals surface area contributed by atoms with E-state index in [9.17, 15) is 20.4 Å². The van der Waals surface area contributed by atoms with Crippen LogP contribution >= 0.6 is 34.8 Å². The second-order valence-corrected chi connectivity index (χ2v) is 24.1. The van der Waals surface area contributed by atoms with Crippen LogP contribution in [0.2, 0.25) is 0 Å². The summed E-state index contributed by atoms with van der Waals surface area (Å²) in [6.45, 7) is 18.0. The molecule has 11 rings (SSSR count). The minimum absolute atomic E-state index is 0.0870. The van der Waals surface area contributed by atoms with E-state index in [-0.39, 0.29) is 51.7 Å². The molecule has 0 bridgehead atoms. The van der Waals surface area contributed by atoms with E-state index in [1.807, 2.05) is 48.5 Å². The van der Waals surface area contributed by atoms with Crippen molar-refractivity contribution in [3.63, 3.8) is 0 Å². The third-order valence-electron chi connectivity index (χ3n) is 17.6. The van der Waals surface area contributed by atoms with Gasteiger partial charge < -0.3 is 53.6 Å². The van der Waals surface area contributed by atoms with Crippen molar-refractivity contribution in [1.82, 2.24) is 0 Å². The third kappa shape index (κ3) is 13.0. The van der Waals surface area contributed by atoms with E-state index in [0.717, 1.165) is 93.8 Å². The molecule has 2 aliphatic carbocycles. The topological polar surface area (TPSA) is 155 Å². The van der Waals surface area contributed by atoms with E-state index in [1.165, 1.54) is 11.1 Å². The molecule has 4 N–H and O–H groups in total. The van der Waals surface area contributed by atoms with E-state index in [1.54, 1.807) is 24.3 Å². The van der Waals surface area contributed by atoms with Crippen molar-refractivity contribution >= 4 is 34.8 Å². The Hall–Kier alpha value is -3.33. The van der Waals surface area contributed by atoms with Gasteiger partial charge in [-0.1, -0.05) is 90.1 Å². The zero-order valence-electron chi connectivity index (χ0n) is 44.1. The number of aromatic hydroxyl groups is 2. The average Bonchev–Trinajstić information content (AvgIpc) is 4.26. The first-order valence-corrected chi connectivity index (χ1v) is 28.1. The Morgan fingerprint density at radius 2 is 0.784 bits per heavy atom. The maximum absolute atomic E-state index is 10.7. The van der Waals surface area contributed by atoms with Crippen LogP contribution in [0.1, 0.15) is 115 Å². The molecule has 11 nitrogen and oxygen atoms in total. The van der Waals surface area contributed by atoms with Crippen molar-refractivity contribution in [2.75, 3.05) is 63.9 Å². The number of benzene rings is 4. The number of phenols is 2. The largest absolute Gasteiger partial charge is 0.508 e. The van der Waals surface area contributed by atoms with Crippen LogP contribution in [0.4, 0.5) is 0 Å². The van der Waals surface area contributed by atoms with E-state index in [4.69, 9.17) is 68.0 Å². The first kappa shape index (κ1) is 56.9. The van der Waals surface area contributed by atoms with Gasteiger partial charge in [0.05, 0.1) is 56.8 Å². The zero-order valence-corrected chi connectivity index (χ0v) is 46.4. The highest BCUT2D eigenvalue weighted by Crippen LogP contribution is 2.58. The van der Waals surface area contributed by atoms with Crippen molar-refractivity contribution in [2.45, 2.75) is 144 Å². The molecule has 4 aromatic carbocycles. The van der Waals surface area contributed by atoms with Gasteiger partial charge in [-0.15, -0.1) is 34.8 Å². The monoisotopic (exact) mass is 1080 g/mol. The number of hydrogen-bond acceptors (Lipinski definition) is 11. The van der Waals surface area contributed by atoms with Gasteiger partial charge in [-0.2, -0.15) is 0 Å². The van der Waals surface area contributed by atoms with Crippen LogP contribution in [0.25, 0.3) is 0 Å². The maximum atomic E-state index is 10.7. The Bertz CT molecular complexity index is 2220. The van der Waals surface area contributed by atoms with Gasteiger partial charge in [0.1, 0.15) is 70.8 Å². The molecule has 74 heavy (non-hydrogen) atoms. The molecule has 0 amide bonds. The molecule has 5 saturated heterocycles. The molecule has 7 aliphatic rings. The summed E-state index contributed by atoms with van der Waals surface area (Å²) in [5.41, 5.74) is 2.26. The number of epoxide rings is 3. The highest BCUT2D eigenvalue weighted by Gasteiger charge is 2.63. The third-order valence-corrected chi connectivity index (χ3v) is 18.8. The Morgan fingerprint density at radius 1 is 0.486 bits per heavy atom. The summed E-state index contributed by atoms with van der Waals surface area (Å²) >= 11 is 17.3. The summed E-state index contributed by atoms with van der Waals surface area (Å²) in [7, 11) is 0. The smallest absolute Gasteiger partial charge is 0.130 e. The van der Waals surface area contributed by atoms with Crippen LogP contribution in [0.5, 0.6) is 23.0 Å². The molecule has 2 saturated carbocycles. The van der Waals surface area contributed by atoms with Gasteiger partial charge in [0.2, 0.25) is 0 Å². The molecule has 5 unspecified atom stereocenters. The van der Waals surface area contributed by atoms with Crippen LogP contribution in [-0.4, -0.2) is 125 Å². The zero-order chi connectivity index (χ0) is 53.0. The van der Waals surface area contributed by atoms with E-state index >= 15 is 0 Å². The summed E-state index contributed by atoms with van der Waals surface area (Å²) < 4.78 is 38.2. The Kier molecular flexibility index (Phi) is 17.9. The predicted octanol–water partition coefficient (Wildman–Crippen LogP) is 11.5. The number of hydrogen-bond donors (Lipinski definition) is 4. The van der Waals surface area contributed by atoms with Gasteiger partial charge in [0.25, 0.3) is 0 Å². The molecule has 0 radical (unpaired) electrons. The van der Waals surface area contributed by atoms with Gasteiger partial charge in [0.15, 0.2) is 0 Å². The summed E-state index contributed by atoms with van der Waals surface area (Å²) in [4.78, 5) is 0. The fourth-order valence-corrected chi connectivity index (χ4v) is 12.1. The van der Waals surface area contributed by atoms with Gasteiger partial charge in [-0.25, -0.2) is 0 Å². The van der Waals surface area contributed by atoms with E-state index in [2.05, 4.69) is 65.8 Å². The lowest BCUT2D eigenvalue weighted by atomic mass is 9.55. The van der Waals surface area contributed by atoms with Gasteiger partial charge in [-0.05, 0) is 139 Å². The maximum Gasteiger partial charge on any atom is 0.130 e. The number of phenolic OH excluding ortho intramolecular Hbond substituents is 2. The van der Waals surface area contributed by atoms with Crippen LogP contribution in [0.15, 0.2) is 97.1 Å². The quantitative estimate of drug-likeness (QED) is 0.0664. The molecular formula is C60H79Cl3O11. The minimum atomic E-state index is -0.839. The van der Waals surface area contributed by atoms with Crippen molar-refractivity contribution in [1.29, 1.82) is 0 Å². The lowest BCUT2D eigenvalue weighted by Gasteiger charge is -2.61. The average molecular weight is 1080 g/mol. The normalized spacial score (nSPS) is 30.7. The fourth-order valence-electron chi connectivity index (χ4n) is 11.3. The summed E-state index contributed by atoms with van der Waals surface area (Å²) in [6, 6.07) is 31.1. The lowest BCUT2D eigenvalue weighted by molar-refractivity contribution is -0.313. The van der Waals surface area contributed by atoms with Gasteiger partial charge in [-0.3, -0.25) is 0 Å². The lowest BCUT2D eigenvalue weighted by Crippen LogP contribution is -2.71. The highest BCUT2D eigenvalue weighted by molar-refractivity contribution is 6.19. The molecule has 5 heterocycles. The molecule has 406 valence electrons. The van der Waals surface area contributed by atoms with Crippen molar-refractivity contribution < 1.29 is 53.6 Å². The van der Waals surface area contributed by atoms with Crippen LogP contribution in [0.3, 0.4) is 0 Å². The second kappa shape index (κ2) is 23.3. The van der Waals surface area contributed by atoms with Gasteiger partial charge >= 0.3 is 0 Å². The van der Waals surface area contributed by atoms with Gasteiger partial charge in [0, 0.05) is 10.8 Å². The number of rotatable bonds is 15. The van der Waals surface area contributed by atoms with Crippen molar-refractivity contribution in [2.24, 2.45) is 17.3 Å². The molecule has 0 aromatic heterocycles.